The van der Waals surface area contributed by atoms with Crippen LogP contribution in [0.4, 0.5) is 5.69 Å². The van der Waals surface area contributed by atoms with Crippen molar-refractivity contribution in [1.29, 1.82) is 0 Å². The zero-order valence-electron chi connectivity index (χ0n) is 20.1. The number of rotatable bonds is 13. The van der Waals surface area contributed by atoms with Crippen molar-refractivity contribution in [3.8, 4) is 5.75 Å². The summed E-state index contributed by atoms with van der Waals surface area (Å²) in [6.45, 7) is 8.05. The van der Waals surface area contributed by atoms with Crippen LogP contribution >= 0.6 is 0 Å². The van der Waals surface area contributed by atoms with Gasteiger partial charge in [-0.15, -0.1) is 0 Å². The molecule has 0 spiro atoms. The summed E-state index contributed by atoms with van der Waals surface area (Å²) in [6, 6.07) is 4.30. The van der Waals surface area contributed by atoms with Crippen molar-refractivity contribution in [2.45, 2.75) is 71.6 Å². The molecule has 3 unspecified atom stereocenters. The van der Waals surface area contributed by atoms with E-state index in [0.29, 0.717) is 18.0 Å². The van der Waals surface area contributed by atoms with E-state index in [1.54, 1.807) is 45.0 Å². The van der Waals surface area contributed by atoms with Gasteiger partial charge in [-0.1, -0.05) is 47.0 Å². The van der Waals surface area contributed by atoms with Crippen LogP contribution < -0.4 is 26.2 Å². The third-order valence-electron chi connectivity index (χ3n) is 5.08. The monoisotopic (exact) mass is 466 g/mol. The molecule has 0 aromatic heterocycles. The summed E-state index contributed by atoms with van der Waals surface area (Å²) in [5.74, 6) is -1.72. The van der Waals surface area contributed by atoms with Crippen molar-refractivity contribution in [3.05, 3.63) is 24.3 Å². The summed E-state index contributed by atoms with van der Waals surface area (Å²) in [5, 5.41) is 27.1. The summed E-state index contributed by atoms with van der Waals surface area (Å²) in [7, 11) is 1.45. The predicted molar refractivity (Wildman–Crippen MR) is 125 cm³/mol. The largest absolute Gasteiger partial charge is 0.494 e. The maximum absolute atomic E-state index is 13.0. The zero-order chi connectivity index (χ0) is 25.0. The first kappa shape index (κ1) is 28.2. The number of nitrogens with one attached hydrogen (secondary N) is 4. The lowest BCUT2D eigenvalue weighted by atomic mass is 9.85. The van der Waals surface area contributed by atoms with Crippen LogP contribution in [0, 0.1) is 5.41 Å². The third kappa shape index (κ3) is 9.27. The second-order valence-corrected chi connectivity index (χ2v) is 8.90. The molecule has 0 saturated heterocycles. The SMILES string of the molecule is CCCCCCOc1ccc(NC(C(=O)NC(C(=O)NC)C(C)(C)C)C(O)C(=O)NO)cc1. The van der Waals surface area contributed by atoms with Gasteiger partial charge in [0, 0.05) is 12.7 Å². The fraction of sp³-hybridized carbons (Fsp3) is 0.609. The summed E-state index contributed by atoms with van der Waals surface area (Å²) in [6.07, 6.45) is 2.45. The summed E-state index contributed by atoms with van der Waals surface area (Å²) < 4.78 is 5.69. The minimum atomic E-state index is -1.92. The van der Waals surface area contributed by atoms with Crippen LogP contribution in [0.1, 0.15) is 53.4 Å². The highest BCUT2D eigenvalue weighted by molar-refractivity contribution is 5.96. The van der Waals surface area contributed by atoms with E-state index in [4.69, 9.17) is 9.94 Å². The normalized spacial score (nSPS) is 13.9. The van der Waals surface area contributed by atoms with E-state index in [2.05, 4.69) is 22.9 Å². The number of benzene rings is 1. The Labute approximate surface area is 195 Å². The van der Waals surface area contributed by atoms with Gasteiger partial charge in [0.2, 0.25) is 11.8 Å². The number of hydrogen-bond donors (Lipinski definition) is 6. The van der Waals surface area contributed by atoms with E-state index < -0.39 is 41.3 Å². The number of amides is 3. The molecule has 10 heteroatoms. The Morgan fingerprint density at radius 2 is 1.64 bits per heavy atom. The molecule has 1 aromatic rings. The fourth-order valence-corrected chi connectivity index (χ4v) is 3.10. The Morgan fingerprint density at radius 1 is 1.00 bits per heavy atom. The summed E-state index contributed by atoms with van der Waals surface area (Å²) in [4.78, 5) is 37.1. The number of aliphatic hydroxyl groups excluding tert-OH is 1. The second kappa shape index (κ2) is 13.6. The molecule has 6 N–H and O–H groups in total. The molecule has 0 fully saturated rings. The molecule has 0 saturated carbocycles. The number of hydrogen-bond acceptors (Lipinski definition) is 7. The lowest BCUT2D eigenvalue weighted by Gasteiger charge is -2.32. The van der Waals surface area contributed by atoms with Gasteiger partial charge in [-0.3, -0.25) is 19.6 Å². The van der Waals surface area contributed by atoms with Gasteiger partial charge in [-0.05, 0) is 36.1 Å². The maximum atomic E-state index is 13.0. The molecule has 0 aliphatic carbocycles. The number of likely N-dealkylation sites (N-methyl/N-ethyl adjacent to an activating group) is 1. The van der Waals surface area contributed by atoms with E-state index >= 15 is 0 Å². The molecule has 0 aliphatic rings. The molecule has 3 atom stereocenters. The first-order chi connectivity index (χ1) is 15.5. The predicted octanol–water partition coefficient (Wildman–Crippen LogP) is 1.57. The Morgan fingerprint density at radius 3 is 2.15 bits per heavy atom. The van der Waals surface area contributed by atoms with E-state index in [-0.39, 0.29) is 0 Å². The smallest absolute Gasteiger partial charge is 0.274 e. The average molecular weight is 467 g/mol. The van der Waals surface area contributed by atoms with Gasteiger partial charge in [-0.25, -0.2) is 5.48 Å². The molecule has 10 nitrogen and oxygen atoms in total. The van der Waals surface area contributed by atoms with Crippen LogP contribution in [0.3, 0.4) is 0 Å². The van der Waals surface area contributed by atoms with Crippen LogP contribution in [0.25, 0.3) is 0 Å². The average Bonchev–Trinajstić information content (AvgIpc) is 2.79. The number of carbonyl (C=O) groups is 3. The molecule has 33 heavy (non-hydrogen) atoms. The Kier molecular flexibility index (Phi) is 11.7. The molecule has 0 aliphatic heterocycles. The minimum Gasteiger partial charge on any atom is -0.494 e. The topological polar surface area (TPSA) is 149 Å². The molecule has 186 valence electrons. The number of ether oxygens (including phenoxy) is 1. The molecule has 1 aromatic carbocycles. The van der Waals surface area contributed by atoms with Crippen LogP contribution in [0.15, 0.2) is 24.3 Å². The molecule has 3 amide bonds. The van der Waals surface area contributed by atoms with E-state index in [1.807, 2.05) is 0 Å². The first-order valence-corrected chi connectivity index (χ1v) is 11.2. The van der Waals surface area contributed by atoms with Crippen LogP contribution in [-0.4, -0.2) is 59.9 Å². The molecule has 0 heterocycles. The quantitative estimate of drug-likeness (QED) is 0.147. The van der Waals surface area contributed by atoms with Crippen molar-refractivity contribution >= 4 is 23.4 Å². The Balaban J connectivity index is 2.95. The molecule has 0 radical (unpaired) electrons. The zero-order valence-corrected chi connectivity index (χ0v) is 20.1. The summed E-state index contributed by atoms with van der Waals surface area (Å²) >= 11 is 0. The number of anilines is 1. The van der Waals surface area contributed by atoms with Gasteiger partial charge in [-0.2, -0.15) is 0 Å². The first-order valence-electron chi connectivity index (χ1n) is 11.2. The van der Waals surface area contributed by atoms with E-state index in [1.165, 1.54) is 12.5 Å². The standard InChI is InChI=1S/C23H38N4O6/c1-6-7-8-9-14-33-16-12-10-15(11-13-16)25-17(18(28)21(30)27-32)20(29)26-19(22(31)24-5)23(2,3)4/h10-13,17-19,25,28,32H,6-9,14H2,1-5H3,(H,24,31)(H,26,29)(H,27,30). The number of unbranched alkanes of at least 4 members (excludes halogenated alkanes) is 3. The third-order valence-corrected chi connectivity index (χ3v) is 5.08. The number of carbonyl (C=O) groups excluding carboxylic acids is 3. The maximum Gasteiger partial charge on any atom is 0.274 e. The Bertz CT molecular complexity index is 763. The van der Waals surface area contributed by atoms with Crippen molar-refractivity contribution < 1.29 is 29.4 Å². The van der Waals surface area contributed by atoms with Gasteiger partial charge in [0.25, 0.3) is 5.91 Å². The highest BCUT2D eigenvalue weighted by atomic mass is 16.5. The number of hydroxylamine groups is 1. The molecule has 1 rings (SSSR count). The van der Waals surface area contributed by atoms with Crippen LogP contribution in [0.2, 0.25) is 0 Å². The molecular formula is C23H38N4O6. The van der Waals surface area contributed by atoms with Crippen molar-refractivity contribution in [3.63, 3.8) is 0 Å². The van der Waals surface area contributed by atoms with Gasteiger partial charge in [0.15, 0.2) is 6.10 Å². The van der Waals surface area contributed by atoms with Crippen molar-refractivity contribution in [2.24, 2.45) is 5.41 Å². The lowest BCUT2D eigenvalue weighted by molar-refractivity contribution is -0.142. The highest BCUT2D eigenvalue weighted by Gasteiger charge is 2.38. The molecule has 0 bridgehead atoms. The van der Waals surface area contributed by atoms with Crippen molar-refractivity contribution in [1.82, 2.24) is 16.1 Å². The highest BCUT2D eigenvalue weighted by Crippen LogP contribution is 2.21. The number of aliphatic hydroxyl groups is 1. The summed E-state index contributed by atoms with van der Waals surface area (Å²) in [5.41, 5.74) is 1.14. The lowest BCUT2D eigenvalue weighted by Crippen LogP contribution is -2.59. The Hall–Kier alpha value is -2.85. The van der Waals surface area contributed by atoms with Gasteiger partial charge >= 0.3 is 0 Å². The van der Waals surface area contributed by atoms with E-state index in [0.717, 1.165) is 25.7 Å². The van der Waals surface area contributed by atoms with Crippen molar-refractivity contribution in [2.75, 3.05) is 19.0 Å². The van der Waals surface area contributed by atoms with Crippen LogP contribution in [0.5, 0.6) is 5.75 Å². The van der Waals surface area contributed by atoms with E-state index in [9.17, 15) is 19.5 Å². The second-order valence-electron chi connectivity index (χ2n) is 8.90. The minimum absolute atomic E-state index is 0.420. The molecular weight excluding hydrogens is 428 g/mol. The van der Waals surface area contributed by atoms with Gasteiger partial charge in [0.1, 0.15) is 17.8 Å². The van der Waals surface area contributed by atoms with Crippen LogP contribution in [-0.2, 0) is 14.4 Å². The van der Waals surface area contributed by atoms with Gasteiger partial charge < -0.3 is 25.8 Å². The van der Waals surface area contributed by atoms with Gasteiger partial charge in [0.05, 0.1) is 6.61 Å². The fourth-order valence-electron chi connectivity index (χ4n) is 3.10.